The molecule has 2 saturated carbocycles. The van der Waals surface area contributed by atoms with E-state index in [1.165, 1.54) is 37.9 Å². The van der Waals surface area contributed by atoms with Gasteiger partial charge in [-0.1, -0.05) is 11.6 Å². The smallest absolute Gasteiger partial charge is 0.242 e. The summed E-state index contributed by atoms with van der Waals surface area (Å²) in [5, 5.41) is 0.182. The van der Waals surface area contributed by atoms with Crippen LogP contribution in [0.3, 0.4) is 0 Å². The summed E-state index contributed by atoms with van der Waals surface area (Å²) >= 11 is 5.92. The molecule has 8 heteroatoms. The molecule has 116 valence electrons. The third-order valence-electron chi connectivity index (χ3n) is 4.23. The van der Waals surface area contributed by atoms with Crippen molar-refractivity contribution < 1.29 is 8.42 Å². The third-order valence-corrected chi connectivity index (χ3v) is 5.91. The van der Waals surface area contributed by atoms with Crippen LogP contribution < -0.4 is 16.0 Å². The number of hydrazine groups is 1. The van der Waals surface area contributed by atoms with Gasteiger partial charge in [0.2, 0.25) is 10.0 Å². The number of hydrogen-bond donors (Lipinski definition) is 3. The van der Waals surface area contributed by atoms with Crippen molar-refractivity contribution in [1.29, 1.82) is 0 Å². The summed E-state index contributed by atoms with van der Waals surface area (Å²) in [6, 6.07) is 1.36. The highest BCUT2D eigenvalue weighted by Crippen LogP contribution is 2.48. The molecule has 0 bridgehead atoms. The van der Waals surface area contributed by atoms with Gasteiger partial charge in [0.1, 0.15) is 4.90 Å². The lowest BCUT2D eigenvalue weighted by atomic mass is 9.99. The van der Waals surface area contributed by atoms with Gasteiger partial charge in [-0.05, 0) is 49.5 Å². The molecule has 0 radical (unpaired) electrons. The fourth-order valence-corrected chi connectivity index (χ4v) is 4.06. The lowest BCUT2D eigenvalue weighted by Gasteiger charge is -2.16. The van der Waals surface area contributed by atoms with Crippen LogP contribution in [-0.4, -0.2) is 19.9 Å². The van der Waals surface area contributed by atoms with Gasteiger partial charge in [0.15, 0.2) is 5.82 Å². The molecule has 0 aromatic carbocycles. The monoisotopic (exact) mass is 330 g/mol. The average molecular weight is 331 g/mol. The van der Waals surface area contributed by atoms with E-state index in [0.717, 1.165) is 0 Å². The van der Waals surface area contributed by atoms with Crippen molar-refractivity contribution in [3.63, 3.8) is 0 Å². The standard InChI is InChI=1S/C13H19ClN4O2S/c14-12-5-10(6-16-13(12)18-15)21(19,20)17-7-11(8-1-2-8)9-3-4-9/h5-6,8-9,11,17H,1-4,7,15H2,(H,16,18). The molecule has 1 heterocycles. The highest BCUT2D eigenvalue weighted by Gasteiger charge is 2.41. The minimum absolute atomic E-state index is 0.0665. The number of anilines is 1. The predicted octanol–water partition coefficient (Wildman–Crippen LogP) is 1.74. The minimum Gasteiger partial charge on any atom is -0.307 e. The molecule has 1 aromatic heterocycles. The maximum atomic E-state index is 12.3. The molecule has 21 heavy (non-hydrogen) atoms. The van der Waals surface area contributed by atoms with Crippen LogP contribution >= 0.6 is 11.6 Å². The summed E-state index contributed by atoms with van der Waals surface area (Å²) in [5.74, 6) is 7.36. The Balaban J connectivity index is 1.69. The van der Waals surface area contributed by atoms with E-state index in [4.69, 9.17) is 17.4 Å². The number of pyridine rings is 1. The van der Waals surface area contributed by atoms with Crippen LogP contribution in [0.2, 0.25) is 5.02 Å². The fourth-order valence-electron chi connectivity index (χ4n) is 2.73. The van der Waals surface area contributed by atoms with E-state index in [-0.39, 0.29) is 15.7 Å². The Morgan fingerprint density at radius 1 is 1.33 bits per heavy atom. The van der Waals surface area contributed by atoms with Crippen LogP contribution in [0, 0.1) is 17.8 Å². The molecule has 0 aliphatic heterocycles. The second-order valence-corrected chi connectivity index (χ2v) is 8.01. The first-order valence-corrected chi connectivity index (χ1v) is 8.99. The number of nitrogens with two attached hydrogens (primary N) is 1. The number of sulfonamides is 1. The van der Waals surface area contributed by atoms with E-state index in [9.17, 15) is 8.42 Å². The molecule has 0 spiro atoms. The summed E-state index contributed by atoms with van der Waals surface area (Å²) in [6.07, 6.45) is 6.17. The van der Waals surface area contributed by atoms with E-state index < -0.39 is 10.0 Å². The van der Waals surface area contributed by atoms with Crippen LogP contribution in [0.5, 0.6) is 0 Å². The van der Waals surface area contributed by atoms with Crippen LogP contribution in [0.4, 0.5) is 5.82 Å². The number of nitrogens with zero attached hydrogens (tertiary/aromatic N) is 1. The van der Waals surface area contributed by atoms with Gasteiger partial charge in [-0.2, -0.15) is 0 Å². The highest BCUT2D eigenvalue weighted by molar-refractivity contribution is 7.89. The zero-order valence-electron chi connectivity index (χ0n) is 11.5. The fraction of sp³-hybridized carbons (Fsp3) is 0.615. The van der Waals surface area contributed by atoms with Crippen molar-refractivity contribution >= 4 is 27.4 Å². The summed E-state index contributed by atoms with van der Waals surface area (Å²) in [7, 11) is -3.58. The van der Waals surface area contributed by atoms with Crippen molar-refractivity contribution in [2.45, 2.75) is 30.6 Å². The van der Waals surface area contributed by atoms with Crippen molar-refractivity contribution in [3.05, 3.63) is 17.3 Å². The van der Waals surface area contributed by atoms with Gasteiger partial charge in [0, 0.05) is 12.7 Å². The Morgan fingerprint density at radius 2 is 1.95 bits per heavy atom. The number of hydrogen-bond acceptors (Lipinski definition) is 5. The SMILES string of the molecule is NNc1ncc(S(=O)(=O)NCC(C2CC2)C2CC2)cc1Cl. The van der Waals surface area contributed by atoms with Gasteiger partial charge in [-0.3, -0.25) is 0 Å². The lowest BCUT2D eigenvalue weighted by molar-refractivity contribution is 0.401. The molecule has 2 aliphatic carbocycles. The summed E-state index contributed by atoms with van der Waals surface area (Å²) in [6.45, 7) is 0.506. The van der Waals surface area contributed by atoms with Crippen molar-refractivity contribution in [2.75, 3.05) is 12.0 Å². The molecule has 0 unspecified atom stereocenters. The first-order chi connectivity index (χ1) is 10.0. The van der Waals surface area contributed by atoms with E-state index >= 15 is 0 Å². The summed E-state index contributed by atoms with van der Waals surface area (Å²) in [5.41, 5.74) is 2.31. The number of nitrogens with one attached hydrogen (secondary N) is 2. The molecule has 2 aliphatic rings. The van der Waals surface area contributed by atoms with Crippen LogP contribution in [0.25, 0.3) is 0 Å². The molecular weight excluding hydrogens is 312 g/mol. The van der Waals surface area contributed by atoms with E-state index in [0.29, 0.717) is 24.3 Å². The molecule has 0 atom stereocenters. The molecular formula is C13H19ClN4O2S. The third kappa shape index (κ3) is 3.48. The van der Waals surface area contributed by atoms with E-state index in [1.807, 2.05) is 0 Å². The number of rotatable bonds is 7. The van der Waals surface area contributed by atoms with Gasteiger partial charge in [-0.15, -0.1) is 0 Å². The first-order valence-electron chi connectivity index (χ1n) is 7.13. The lowest BCUT2D eigenvalue weighted by Crippen LogP contribution is -2.31. The minimum atomic E-state index is -3.58. The van der Waals surface area contributed by atoms with Crippen LogP contribution in [0.15, 0.2) is 17.2 Å². The Hall–Kier alpha value is -0.890. The second kappa shape index (κ2) is 5.72. The molecule has 2 fully saturated rings. The van der Waals surface area contributed by atoms with Crippen molar-refractivity contribution in [1.82, 2.24) is 9.71 Å². The zero-order valence-corrected chi connectivity index (χ0v) is 13.1. The maximum Gasteiger partial charge on any atom is 0.242 e. The molecule has 0 amide bonds. The Morgan fingerprint density at radius 3 is 2.43 bits per heavy atom. The van der Waals surface area contributed by atoms with Crippen LogP contribution in [0.1, 0.15) is 25.7 Å². The number of aromatic nitrogens is 1. The molecule has 0 saturated heterocycles. The maximum absolute atomic E-state index is 12.3. The van der Waals surface area contributed by atoms with Crippen LogP contribution in [-0.2, 0) is 10.0 Å². The number of halogens is 1. The Labute approximate surface area is 129 Å². The topological polar surface area (TPSA) is 97.1 Å². The Kier molecular flexibility index (Phi) is 4.09. The molecule has 6 nitrogen and oxygen atoms in total. The van der Waals surface area contributed by atoms with E-state index in [2.05, 4.69) is 15.1 Å². The largest absolute Gasteiger partial charge is 0.307 e. The number of nitrogen functional groups attached to an aromatic ring is 1. The van der Waals surface area contributed by atoms with E-state index in [1.54, 1.807) is 0 Å². The van der Waals surface area contributed by atoms with Gasteiger partial charge in [-0.25, -0.2) is 24.0 Å². The zero-order chi connectivity index (χ0) is 15.0. The normalized spacial score (nSPS) is 19.0. The summed E-state index contributed by atoms with van der Waals surface area (Å²) < 4.78 is 27.3. The van der Waals surface area contributed by atoms with Gasteiger partial charge >= 0.3 is 0 Å². The Bertz CT molecular complexity index is 617. The van der Waals surface area contributed by atoms with Crippen molar-refractivity contribution in [3.8, 4) is 0 Å². The van der Waals surface area contributed by atoms with Gasteiger partial charge in [0.25, 0.3) is 0 Å². The predicted molar refractivity (Wildman–Crippen MR) is 81.2 cm³/mol. The average Bonchev–Trinajstić information content (AvgIpc) is 3.32. The summed E-state index contributed by atoms with van der Waals surface area (Å²) in [4.78, 5) is 3.96. The van der Waals surface area contributed by atoms with Gasteiger partial charge < -0.3 is 5.43 Å². The molecule has 1 aromatic rings. The quantitative estimate of drug-likeness (QED) is 0.522. The second-order valence-electron chi connectivity index (χ2n) is 5.84. The first kappa shape index (κ1) is 15.0. The molecule has 3 rings (SSSR count). The molecule has 4 N–H and O–H groups in total. The van der Waals surface area contributed by atoms with Gasteiger partial charge in [0.05, 0.1) is 5.02 Å². The van der Waals surface area contributed by atoms with Crippen molar-refractivity contribution in [2.24, 2.45) is 23.6 Å². The highest BCUT2D eigenvalue weighted by atomic mass is 35.5.